The summed E-state index contributed by atoms with van der Waals surface area (Å²) in [6.45, 7) is 2.52. The van der Waals surface area contributed by atoms with Gasteiger partial charge in [-0.2, -0.15) is 0 Å². The summed E-state index contributed by atoms with van der Waals surface area (Å²) in [5.41, 5.74) is 0. The number of esters is 1. The van der Waals surface area contributed by atoms with Crippen LogP contribution in [0.2, 0.25) is 0 Å². The van der Waals surface area contributed by atoms with Gasteiger partial charge < -0.3 is 4.74 Å². The largest absolute Gasteiger partial charge is 0.465 e. The third-order valence-electron chi connectivity index (χ3n) is 1.14. The van der Waals surface area contributed by atoms with Gasteiger partial charge in [-0.3, -0.25) is 9.59 Å². The molecule has 0 rings (SSSR count). The first-order valence-corrected chi connectivity index (χ1v) is 5.05. The average molecular weight is 189 g/mol. The first-order chi connectivity index (χ1) is 5.81. The van der Waals surface area contributed by atoms with Gasteiger partial charge in [0.05, 0.1) is 18.1 Å². The number of carbonyl (C=O) groups is 1. The van der Waals surface area contributed by atoms with E-state index in [0.29, 0.717) is 6.61 Å². The molecule has 0 spiro atoms. The second-order valence-electron chi connectivity index (χ2n) is 2.21. The maximum Gasteiger partial charge on any atom is 0.315 e. The number of rotatable bonds is 7. The second kappa shape index (κ2) is 8.59. The Bertz CT molecular complexity index is 136. The van der Waals surface area contributed by atoms with Crippen LogP contribution in [0.1, 0.15) is 19.8 Å². The van der Waals surface area contributed by atoms with Crippen molar-refractivity contribution in [1.82, 2.24) is 0 Å². The van der Waals surface area contributed by atoms with Crippen LogP contribution in [0.3, 0.4) is 0 Å². The number of hydrogen-bond donors (Lipinski definition) is 0. The predicted molar refractivity (Wildman–Crippen MR) is 48.9 cm³/mol. The molecule has 0 amide bonds. The number of carbonyl (C=O) groups excluding carboxylic acids is 2. The summed E-state index contributed by atoms with van der Waals surface area (Å²) in [6, 6.07) is 0. The van der Waals surface area contributed by atoms with Crippen molar-refractivity contribution in [1.29, 1.82) is 0 Å². The number of hydrogen-bond acceptors (Lipinski definition) is 4. The van der Waals surface area contributed by atoms with Gasteiger partial charge >= 0.3 is 5.97 Å². The fourth-order valence-corrected chi connectivity index (χ4v) is 0.983. The number of unbranched alkanes of at least 4 members (excludes halogenated alkanes) is 1. The van der Waals surface area contributed by atoms with Crippen LogP contribution in [0.15, 0.2) is 0 Å². The fraction of sp³-hybridized carbons (Fsp3) is 0.750. The van der Waals surface area contributed by atoms with E-state index in [4.69, 9.17) is 4.74 Å². The monoisotopic (exact) mass is 189 g/mol. The van der Waals surface area contributed by atoms with Crippen LogP contribution in [0.5, 0.6) is 0 Å². The Morgan fingerprint density at radius 2 is 2.33 bits per heavy atom. The number of thioether (sulfide) groups is 1. The molecule has 0 N–H and O–H groups in total. The van der Waals surface area contributed by atoms with Crippen LogP contribution in [0.4, 0.5) is 0 Å². The van der Waals surface area contributed by atoms with E-state index in [1.165, 1.54) is 11.8 Å². The molecule has 0 aromatic carbocycles. The number of ether oxygens (including phenoxy) is 1. The molecule has 0 aliphatic carbocycles. The third-order valence-corrected chi connectivity index (χ3v) is 1.90. The molecular formula is C8H13O3S. The lowest BCUT2D eigenvalue weighted by molar-refractivity contribution is -0.140. The minimum absolute atomic E-state index is 0.239. The Morgan fingerprint density at radius 3 is 2.92 bits per heavy atom. The molecule has 0 fully saturated rings. The van der Waals surface area contributed by atoms with Crippen molar-refractivity contribution < 1.29 is 14.3 Å². The Labute approximate surface area is 76.9 Å². The van der Waals surface area contributed by atoms with Gasteiger partial charge in [-0.25, -0.2) is 0 Å². The maximum absolute atomic E-state index is 10.8. The molecule has 0 heterocycles. The Hall–Kier alpha value is -0.510. The van der Waals surface area contributed by atoms with Gasteiger partial charge in [0.2, 0.25) is 6.29 Å². The second-order valence-corrected chi connectivity index (χ2v) is 3.20. The zero-order chi connectivity index (χ0) is 9.23. The normalized spacial score (nSPS) is 9.42. The predicted octanol–water partition coefficient (Wildman–Crippen LogP) is 1.17. The van der Waals surface area contributed by atoms with E-state index in [-0.39, 0.29) is 17.5 Å². The van der Waals surface area contributed by atoms with Gasteiger partial charge in [0.25, 0.3) is 0 Å². The molecule has 0 unspecified atom stereocenters. The topological polar surface area (TPSA) is 43.4 Å². The van der Waals surface area contributed by atoms with Crippen molar-refractivity contribution in [2.75, 3.05) is 18.1 Å². The van der Waals surface area contributed by atoms with Gasteiger partial charge in [0.1, 0.15) is 0 Å². The highest BCUT2D eigenvalue weighted by Gasteiger charge is 2.01. The highest BCUT2D eigenvalue weighted by Crippen LogP contribution is 1.98. The Balaban J connectivity index is 3.15. The molecule has 0 aliphatic rings. The molecule has 0 aromatic rings. The highest BCUT2D eigenvalue weighted by atomic mass is 32.2. The average Bonchev–Trinajstić information content (AvgIpc) is 2.06. The molecule has 4 heteroatoms. The summed E-state index contributed by atoms with van der Waals surface area (Å²) in [4.78, 5) is 20.6. The van der Waals surface area contributed by atoms with Crippen molar-refractivity contribution in [2.24, 2.45) is 0 Å². The summed E-state index contributed by atoms with van der Waals surface area (Å²) in [6.07, 6.45) is 3.61. The van der Waals surface area contributed by atoms with Crippen molar-refractivity contribution in [3.63, 3.8) is 0 Å². The fourth-order valence-electron chi connectivity index (χ4n) is 0.548. The van der Waals surface area contributed by atoms with Gasteiger partial charge in [-0.05, 0) is 6.42 Å². The van der Waals surface area contributed by atoms with Crippen molar-refractivity contribution >= 4 is 24.0 Å². The summed E-state index contributed by atoms with van der Waals surface area (Å²) < 4.78 is 4.84. The summed E-state index contributed by atoms with van der Waals surface area (Å²) in [7, 11) is 0. The third kappa shape index (κ3) is 7.60. The van der Waals surface area contributed by atoms with E-state index in [1.807, 2.05) is 6.92 Å². The molecule has 0 aliphatic heterocycles. The standard InChI is InChI=1S/C8H13O3S/c1-2-3-5-11-8(10)7-12-6-4-9/h2-3,5-7H2,1H3. The van der Waals surface area contributed by atoms with Crippen LogP contribution in [0, 0.1) is 0 Å². The van der Waals surface area contributed by atoms with Crippen molar-refractivity contribution in [3.8, 4) is 0 Å². The minimum atomic E-state index is -0.247. The van der Waals surface area contributed by atoms with Gasteiger partial charge in [-0.1, -0.05) is 13.3 Å². The van der Waals surface area contributed by atoms with Gasteiger partial charge in [-0.15, -0.1) is 11.8 Å². The Morgan fingerprint density at radius 1 is 1.58 bits per heavy atom. The quantitative estimate of drug-likeness (QED) is 0.445. The minimum Gasteiger partial charge on any atom is -0.465 e. The zero-order valence-corrected chi connectivity index (χ0v) is 7.99. The molecule has 12 heavy (non-hydrogen) atoms. The van der Waals surface area contributed by atoms with E-state index in [1.54, 1.807) is 6.29 Å². The van der Waals surface area contributed by atoms with E-state index in [0.717, 1.165) is 12.8 Å². The van der Waals surface area contributed by atoms with Crippen LogP contribution < -0.4 is 0 Å². The first-order valence-electron chi connectivity index (χ1n) is 3.89. The molecule has 0 bridgehead atoms. The van der Waals surface area contributed by atoms with Crippen molar-refractivity contribution in [2.45, 2.75) is 19.8 Å². The molecule has 0 atom stereocenters. The first kappa shape index (κ1) is 11.5. The maximum atomic E-state index is 10.8. The lowest BCUT2D eigenvalue weighted by Crippen LogP contribution is -2.08. The van der Waals surface area contributed by atoms with Crippen LogP contribution in [0.25, 0.3) is 0 Å². The molecule has 0 saturated carbocycles. The molecule has 69 valence electrons. The Kier molecular flexibility index (Phi) is 8.22. The van der Waals surface area contributed by atoms with Crippen molar-refractivity contribution in [3.05, 3.63) is 0 Å². The van der Waals surface area contributed by atoms with Crippen LogP contribution >= 0.6 is 11.8 Å². The van der Waals surface area contributed by atoms with Gasteiger partial charge in [0, 0.05) is 0 Å². The SMILES string of the molecule is CCCCOC(=O)CSC[C]=O. The zero-order valence-electron chi connectivity index (χ0n) is 7.17. The van der Waals surface area contributed by atoms with Crippen LogP contribution in [-0.4, -0.2) is 30.4 Å². The van der Waals surface area contributed by atoms with E-state index in [9.17, 15) is 9.59 Å². The van der Waals surface area contributed by atoms with E-state index in [2.05, 4.69) is 0 Å². The molecular weight excluding hydrogens is 176 g/mol. The summed E-state index contributed by atoms with van der Waals surface area (Å²) in [5.74, 6) is 0.241. The summed E-state index contributed by atoms with van der Waals surface area (Å²) in [5, 5.41) is 0. The van der Waals surface area contributed by atoms with Gasteiger partial charge in [0.15, 0.2) is 0 Å². The van der Waals surface area contributed by atoms with Crippen LogP contribution in [-0.2, 0) is 14.3 Å². The summed E-state index contributed by atoms with van der Waals surface area (Å²) >= 11 is 1.22. The molecule has 0 aromatic heterocycles. The molecule has 3 nitrogen and oxygen atoms in total. The van der Waals surface area contributed by atoms with E-state index < -0.39 is 0 Å². The smallest absolute Gasteiger partial charge is 0.315 e. The molecule has 0 saturated heterocycles. The lowest BCUT2D eigenvalue weighted by atomic mass is 10.4. The highest BCUT2D eigenvalue weighted by molar-refractivity contribution is 8.00. The lowest BCUT2D eigenvalue weighted by Gasteiger charge is -2.01. The molecule has 1 radical (unpaired) electrons. The van der Waals surface area contributed by atoms with E-state index >= 15 is 0 Å².